The van der Waals surface area contributed by atoms with Crippen molar-refractivity contribution in [1.29, 1.82) is 0 Å². The number of nitrogens with zero attached hydrogens (tertiary/aromatic N) is 3. The minimum absolute atomic E-state index is 0.0281. The topological polar surface area (TPSA) is 114 Å². The Labute approximate surface area is 145 Å². The van der Waals surface area contributed by atoms with E-state index in [2.05, 4.69) is 15.3 Å². The van der Waals surface area contributed by atoms with Crippen molar-refractivity contribution in [3.8, 4) is 0 Å². The molecule has 3 aromatic heterocycles. The Bertz CT molecular complexity index is 1010. The summed E-state index contributed by atoms with van der Waals surface area (Å²) >= 11 is 1.10. The van der Waals surface area contributed by atoms with Crippen LogP contribution >= 0.6 is 11.3 Å². The molecular formula is C16H14N4O4S. The third-order valence-corrected chi connectivity index (χ3v) is 4.43. The zero-order valence-electron chi connectivity index (χ0n) is 13.2. The summed E-state index contributed by atoms with van der Waals surface area (Å²) in [6.07, 6.45) is 1.97. The first-order valence-corrected chi connectivity index (χ1v) is 8.34. The molecule has 0 aliphatic rings. The maximum absolute atomic E-state index is 12.8. The average Bonchev–Trinajstić information content (AvgIpc) is 3.02. The Hall–Kier alpha value is -3.07. The molecule has 0 unspecified atom stereocenters. The lowest BCUT2D eigenvalue weighted by atomic mass is 10.2. The fraction of sp³-hybridized carbons (Fsp3) is 0.188. The van der Waals surface area contributed by atoms with Crippen LogP contribution < -0.4 is 10.9 Å². The molecule has 1 amide bonds. The SMILES string of the molecule is CCc1nc2scc(C(=O)O)c2c(=O)n1CC(=O)Nc1ccccn1. The molecule has 25 heavy (non-hydrogen) atoms. The minimum atomic E-state index is -1.20. The number of fused-ring (bicyclic) bond motifs is 1. The summed E-state index contributed by atoms with van der Waals surface area (Å²) in [6.45, 7) is 1.54. The maximum Gasteiger partial charge on any atom is 0.337 e. The van der Waals surface area contributed by atoms with Crippen LogP contribution in [0.25, 0.3) is 10.2 Å². The van der Waals surface area contributed by atoms with Crippen molar-refractivity contribution < 1.29 is 14.7 Å². The van der Waals surface area contributed by atoms with E-state index in [4.69, 9.17) is 0 Å². The van der Waals surface area contributed by atoms with E-state index in [9.17, 15) is 19.5 Å². The number of nitrogens with one attached hydrogen (secondary N) is 1. The molecule has 0 saturated carbocycles. The highest BCUT2D eigenvalue weighted by Gasteiger charge is 2.20. The number of carbonyl (C=O) groups excluding carboxylic acids is 1. The van der Waals surface area contributed by atoms with E-state index in [0.717, 1.165) is 11.3 Å². The van der Waals surface area contributed by atoms with Gasteiger partial charge in [-0.2, -0.15) is 0 Å². The molecule has 3 heterocycles. The summed E-state index contributed by atoms with van der Waals surface area (Å²) in [5.74, 6) is -0.843. The average molecular weight is 358 g/mol. The molecule has 0 aliphatic heterocycles. The van der Waals surface area contributed by atoms with Crippen molar-refractivity contribution in [2.24, 2.45) is 0 Å². The lowest BCUT2D eigenvalue weighted by Gasteiger charge is -2.11. The van der Waals surface area contributed by atoms with Crippen LogP contribution in [0.2, 0.25) is 0 Å². The summed E-state index contributed by atoms with van der Waals surface area (Å²) in [4.78, 5) is 45.0. The summed E-state index contributed by atoms with van der Waals surface area (Å²) in [7, 11) is 0. The molecule has 128 valence electrons. The molecule has 0 fully saturated rings. The Balaban J connectivity index is 2.01. The van der Waals surface area contributed by atoms with Gasteiger partial charge < -0.3 is 10.4 Å². The number of hydrogen-bond acceptors (Lipinski definition) is 6. The van der Waals surface area contributed by atoms with Crippen LogP contribution in [-0.4, -0.2) is 31.5 Å². The molecule has 9 heteroatoms. The highest BCUT2D eigenvalue weighted by molar-refractivity contribution is 7.17. The maximum atomic E-state index is 12.8. The summed E-state index contributed by atoms with van der Waals surface area (Å²) in [5.41, 5.74) is -0.629. The fourth-order valence-electron chi connectivity index (χ4n) is 2.42. The number of amides is 1. The van der Waals surface area contributed by atoms with Crippen molar-refractivity contribution in [3.05, 3.63) is 51.5 Å². The zero-order valence-corrected chi connectivity index (χ0v) is 14.0. The van der Waals surface area contributed by atoms with Gasteiger partial charge in [-0.15, -0.1) is 11.3 Å². The smallest absolute Gasteiger partial charge is 0.337 e. The quantitative estimate of drug-likeness (QED) is 0.718. The third kappa shape index (κ3) is 3.26. The largest absolute Gasteiger partial charge is 0.478 e. The van der Waals surface area contributed by atoms with Crippen LogP contribution in [-0.2, 0) is 17.8 Å². The number of anilines is 1. The van der Waals surface area contributed by atoms with Crippen LogP contribution in [0.3, 0.4) is 0 Å². The lowest BCUT2D eigenvalue weighted by molar-refractivity contribution is -0.116. The van der Waals surface area contributed by atoms with Crippen LogP contribution in [0.5, 0.6) is 0 Å². The van der Waals surface area contributed by atoms with E-state index in [1.165, 1.54) is 16.1 Å². The summed E-state index contributed by atoms with van der Waals surface area (Å²) in [5, 5.41) is 13.2. The van der Waals surface area contributed by atoms with E-state index >= 15 is 0 Å². The van der Waals surface area contributed by atoms with Crippen LogP contribution in [0, 0.1) is 0 Å². The number of hydrogen-bond donors (Lipinski definition) is 2. The molecule has 2 N–H and O–H groups in total. The monoisotopic (exact) mass is 358 g/mol. The fourth-order valence-corrected chi connectivity index (χ4v) is 3.34. The highest BCUT2D eigenvalue weighted by Crippen LogP contribution is 2.21. The number of aromatic carboxylic acids is 1. The number of rotatable bonds is 5. The van der Waals surface area contributed by atoms with Gasteiger partial charge in [0, 0.05) is 18.0 Å². The number of aromatic nitrogens is 3. The number of carboxylic acid groups (broad SMARTS) is 1. The summed E-state index contributed by atoms with van der Waals surface area (Å²) < 4.78 is 1.21. The second-order valence-electron chi connectivity index (χ2n) is 5.17. The zero-order chi connectivity index (χ0) is 18.0. The van der Waals surface area contributed by atoms with Crippen LogP contribution in [0.1, 0.15) is 23.1 Å². The first-order chi connectivity index (χ1) is 12.0. The molecule has 0 radical (unpaired) electrons. The van der Waals surface area contributed by atoms with Crippen molar-refractivity contribution in [2.45, 2.75) is 19.9 Å². The number of carboxylic acids is 1. The van der Waals surface area contributed by atoms with Crippen molar-refractivity contribution in [3.63, 3.8) is 0 Å². The van der Waals surface area contributed by atoms with Crippen LogP contribution in [0.4, 0.5) is 5.82 Å². The molecule has 0 aliphatic carbocycles. The molecule has 0 bridgehead atoms. The van der Waals surface area contributed by atoms with Gasteiger partial charge in [-0.1, -0.05) is 13.0 Å². The van der Waals surface area contributed by atoms with Gasteiger partial charge in [0.25, 0.3) is 5.56 Å². The second-order valence-corrected chi connectivity index (χ2v) is 6.03. The van der Waals surface area contributed by atoms with Crippen molar-refractivity contribution >= 4 is 39.2 Å². The van der Waals surface area contributed by atoms with Gasteiger partial charge in [0.2, 0.25) is 5.91 Å². The molecule has 0 spiro atoms. The summed E-state index contributed by atoms with van der Waals surface area (Å²) in [6, 6.07) is 5.08. The van der Waals surface area contributed by atoms with Gasteiger partial charge in [0.05, 0.1) is 10.9 Å². The molecule has 0 aromatic carbocycles. The Kier molecular flexibility index (Phi) is 4.57. The van der Waals surface area contributed by atoms with Gasteiger partial charge >= 0.3 is 5.97 Å². The lowest BCUT2D eigenvalue weighted by Crippen LogP contribution is -2.31. The Morgan fingerprint density at radius 1 is 1.36 bits per heavy atom. The molecule has 0 saturated heterocycles. The number of carbonyl (C=O) groups is 2. The van der Waals surface area contributed by atoms with Gasteiger partial charge in [0.15, 0.2) is 0 Å². The van der Waals surface area contributed by atoms with E-state index < -0.39 is 17.4 Å². The van der Waals surface area contributed by atoms with E-state index in [1.54, 1.807) is 18.2 Å². The van der Waals surface area contributed by atoms with Gasteiger partial charge in [-0.25, -0.2) is 14.8 Å². The van der Waals surface area contributed by atoms with E-state index in [0.29, 0.717) is 22.9 Å². The Morgan fingerprint density at radius 3 is 2.80 bits per heavy atom. The van der Waals surface area contributed by atoms with Gasteiger partial charge in [-0.05, 0) is 12.1 Å². The molecule has 8 nitrogen and oxygen atoms in total. The normalized spacial score (nSPS) is 10.8. The van der Waals surface area contributed by atoms with Crippen LogP contribution in [0.15, 0.2) is 34.6 Å². The number of aryl methyl sites for hydroxylation is 1. The predicted molar refractivity (Wildman–Crippen MR) is 93.1 cm³/mol. The first kappa shape index (κ1) is 16.8. The molecular weight excluding hydrogens is 344 g/mol. The molecule has 3 rings (SSSR count). The van der Waals surface area contributed by atoms with E-state index in [1.807, 2.05) is 6.92 Å². The standard InChI is InChI=1S/C16H14N4O4S/c1-2-11-19-14-13(9(8-25-14)16(23)24)15(22)20(11)7-12(21)18-10-5-3-4-6-17-10/h3-6,8H,2,7H2,1H3,(H,23,24)(H,17,18,21). The van der Waals surface area contributed by atoms with Crippen molar-refractivity contribution in [1.82, 2.24) is 14.5 Å². The predicted octanol–water partition coefficient (Wildman–Crippen LogP) is 1.75. The van der Waals surface area contributed by atoms with E-state index in [-0.39, 0.29) is 17.5 Å². The molecule has 3 aromatic rings. The molecule has 0 atom stereocenters. The second kappa shape index (κ2) is 6.81. The van der Waals surface area contributed by atoms with Gasteiger partial charge in [0.1, 0.15) is 23.0 Å². The van der Waals surface area contributed by atoms with Gasteiger partial charge in [-0.3, -0.25) is 14.2 Å². The van der Waals surface area contributed by atoms with Crippen molar-refractivity contribution in [2.75, 3.05) is 5.32 Å². The number of thiophene rings is 1. The third-order valence-electron chi connectivity index (χ3n) is 3.55. The first-order valence-electron chi connectivity index (χ1n) is 7.46. The Morgan fingerprint density at radius 2 is 2.16 bits per heavy atom. The number of pyridine rings is 1. The highest BCUT2D eigenvalue weighted by atomic mass is 32.1. The minimum Gasteiger partial charge on any atom is -0.478 e.